The third-order valence-electron chi connectivity index (χ3n) is 3.26. The van der Waals surface area contributed by atoms with Gasteiger partial charge in [-0.05, 0) is 38.5 Å². The summed E-state index contributed by atoms with van der Waals surface area (Å²) in [5.41, 5.74) is 2.14. The van der Waals surface area contributed by atoms with Crippen LogP contribution in [0.15, 0.2) is 24.3 Å². The Morgan fingerprint density at radius 1 is 1.10 bits per heavy atom. The summed E-state index contributed by atoms with van der Waals surface area (Å²) in [4.78, 5) is 2.23. The molecule has 1 aromatic carbocycles. The van der Waals surface area contributed by atoms with Gasteiger partial charge >= 0.3 is 6.18 Å². The summed E-state index contributed by atoms with van der Waals surface area (Å²) in [6.07, 6.45) is -4.91. The Balaban J connectivity index is 2.49. The Labute approximate surface area is 119 Å². The van der Waals surface area contributed by atoms with Crippen molar-refractivity contribution in [2.75, 3.05) is 18.0 Å². The zero-order chi connectivity index (χ0) is 15.2. The smallest absolute Gasteiger partial charge is 0.372 e. The fourth-order valence-electron chi connectivity index (χ4n) is 2.12. The Morgan fingerprint density at radius 3 is 2.10 bits per heavy atom. The molecule has 0 heterocycles. The second-order valence-electron chi connectivity index (χ2n) is 4.94. The van der Waals surface area contributed by atoms with E-state index < -0.39 is 18.6 Å². The van der Waals surface area contributed by atoms with Crippen LogP contribution < -0.4 is 10.2 Å². The summed E-state index contributed by atoms with van der Waals surface area (Å²) in [7, 11) is 0. The lowest BCUT2D eigenvalue weighted by atomic mass is 10.1. The van der Waals surface area contributed by atoms with E-state index in [0.717, 1.165) is 24.3 Å². The monoisotopic (exact) mass is 288 g/mol. The average molecular weight is 288 g/mol. The molecule has 1 N–H and O–H groups in total. The Morgan fingerprint density at radius 2 is 1.65 bits per heavy atom. The lowest BCUT2D eigenvalue weighted by Crippen LogP contribution is -2.30. The summed E-state index contributed by atoms with van der Waals surface area (Å²) >= 11 is 0. The summed E-state index contributed by atoms with van der Waals surface area (Å²) < 4.78 is 36.6. The lowest BCUT2D eigenvalue weighted by molar-refractivity contribution is -0.139. The molecule has 0 aliphatic rings. The Hall–Kier alpha value is -1.23. The maximum absolute atomic E-state index is 12.2. The van der Waals surface area contributed by atoms with E-state index in [1.54, 1.807) is 6.92 Å². The molecule has 0 aliphatic carbocycles. The standard InChI is InChI=1S/C15H23F3N2/c1-4-20(5-2)14-8-6-13(7-9-14)11-19-12(3)10-15(16,17)18/h6-9,12,19H,4-5,10-11H2,1-3H3. The van der Waals surface area contributed by atoms with E-state index in [4.69, 9.17) is 0 Å². The van der Waals surface area contributed by atoms with E-state index in [9.17, 15) is 13.2 Å². The van der Waals surface area contributed by atoms with Gasteiger partial charge in [0.1, 0.15) is 0 Å². The Bertz CT molecular complexity index is 383. The number of alkyl halides is 3. The molecule has 0 aliphatic heterocycles. The van der Waals surface area contributed by atoms with Gasteiger partial charge in [0.25, 0.3) is 0 Å². The fraction of sp³-hybridized carbons (Fsp3) is 0.600. The summed E-state index contributed by atoms with van der Waals surface area (Å²) in [5, 5.41) is 2.90. The van der Waals surface area contributed by atoms with Crippen LogP contribution in [0.4, 0.5) is 18.9 Å². The van der Waals surface area contributed by atoms with Crippen LogP contribution in [-0.4, -0.2) is 25.3 Å². The molecule has 0 radical (unpaired) electrons. The minimum atomic E-state index is -4.11. The van der Waals surface area contributed by atoms with Gasteiger partial charge in [0, 0.05) is 31.4 Å². The molecular weight excluding hydrogens is 265 g/mol. The number of benzene rings is 1. The molecule has 1 aromatic rings. The molecule has 1 unspecified atom stereocenters. The van der Waals surface area contributed by atoms with Crippen LogP contribution in [-0.2, 0) is 6.54 Å². The van der Waals surface area contributed by atoms with Crippen LogP contribution in [0.2, 0.25) is 0 Å². The Kier molecular flexibility index (Phi) is 6.33. The number of rotatable bonds is 7. The molecule has 0 bridgehead atoms. The summed E-state index contributed by atoms with van der Waals surface area (Å²) in [5.74, 6) is 0. The molecule has 20 heavy (non-hydrogen) atoms. The first-order valence-electron chi connectivity index (χ1n) is 6.99. The summed E-state index contributed by atoms with van der Waals surface area (Å²) in [6, 6.07) is 7.37. The van der Waals surface area contributed by atoms with Gasteiger partial charge in [0.15, 0.2) is 0 Å². The van der Waals surface area contributed by atoms with E-state index in [2.05, 4.69) is 24.1 Å². The highest BCUT2D eigenvalue weighted by molar-refractivity contribution is 5.47. The minimum absolute atomic E-state index is 0.454. The molecular formula is C15H23F3N2. The first kappa shape index (κ1) is 16.8. The van der Waals surface area contributed by atoms with E-state index in [0.29, 0.717) is 6.54 Å². The van der Waals surface area contributed by atoms with Crippen LogP contribution >= 0.6 is 0 Å². The van der Waals surface area contributed by atoms with Gasteiger partial charge in [-0.15, -0.1) is 0 Å². The van der Waals surface area contributed by atoms with Crippen molar-refractivity contribution in [1.82, 2.24) is 5.32 Å². The molecule has 0 saturated carbocycles. The number of hydrogen-bond donors (Lipinski definition) is 1. The molecule has 0 amide bonds. The first-order valence-corrected chi connectivity index (χ1v) is 6.99. The molecule has 2 nitrogen and oxygen atoms in total. The molecule has 1 atom stereocenters. The highest BCUT2D eigenvalue weighted by Gasteiger charge is 2.29. The normalized spacial score (nSPS) is 13.3. The van der Waals surface area contributed by atoms with Crippen molar-refractivity contribution in [2.24, 2.45) is 0 Å². The van der Waals surface area contributed by atoms with Crippen LogP contribution in [0.5, 0.6) is 0 Å². The first-order chi connectivity index (χ1) is 9.35. The molecule has 1 rings (SSSR count). The SMILES string of the molecule is CCN(CC)c1ccc(CNC(C)CC(F)(F)F)cc1. The molecule has 5 heteroatoms. The van der Waals surface area contributed by atoms with Crippen molar-refractivity contribution in [1.29, 1.82) is 0 Å². The molecule has 0 aromatic heterocycles. The zero-order valence-corrected chi connectivity index (χ0v) is 12.3. The van der Waals surface area contributed by atoms with Crippen molar-refractivity contribution >= 4 is 5.69 Å². The number of hydrogen-bond acceptors (Lipinski definition) is 2. The molecule has 0 fully saturated rings. The van der Waals surface area contributed by atoms with Gasteiger partial charge in [0.05, 0.1) is 6.42 Å². The number of nitrogens with one attached hydrogen (secondary N) is 1. The quantitative estimate of drug-likeness (QED) is 0.817. The van der Waals surface area contributed by atoms with Crippen molar-refractivity contribution in [3.8, 4) is 0 Å². The van der Waals surface area contributed by atoms with Gasteiger partial charge in [-0.3, -0.25) is 0 Å². The molecule has 114 valence electrons. The van der Waals surface area contributed by atoms with Gasteiger partial charge in [0.2, 0.25) is 0 Å². The van der Waals surface area contributed by atoms with Crippen molar-refractivity contribution in [2.45, 2.75) is 46.0 Å². The van der Waals surface area contributed by atoms with Crippen molar-refractivity contribution < 1.29 is 13.2 Å². The third kappa shape index (κ3) is 5.82. The van der Waals surface area contributed by atoms with Crippen LogP contribution in [0.1, 0.15) is 32.8 Å². The molecule has 0 spiro atoms. The highest BCUT2D eigenvalue weighted by Crippen LogP contribution is 2.21. The number of anilines is 1. The van der Waals surface area contributed by atoms with E-state index in [-0.39, 0.29) is 0 Å². The minimum Gasteiger partial charge on any atom is -0.372 e. The van der Waals surface area contributed by atoms with Crippen LogP contribution in [0.25, 0.3) is 0 Å². The second-order valence-corrected chi connectivity index (χ2v) is 4.94. The van der Waals surface area contributed by atoms with Gasteiger partial charge in [-0.2, -0.15) is 13.2 Å². The predicted octanol–water partition coefficient (Wildman–Crippen LogP) is 3.96. The van der Waals surface area contributed by atoms with Crippen LogP contribution in [0, 0.1) is 0 Å². The topological polar surface area (TPSA) is 15.3 Å². The summed E-state index contributed by atoms with van der Waals surface area (Å²) in [6.45, 7) is 8.08. The third-order valence-corrected chi connectivity index (χ3v) is 3.26. The van der Waals surface area contributed by atoms with Crippen LogP contribution in [0.3, 0.4) is 0 Å². The maximum Gasteiger partial charge on any atom is 0.390 e. The maximum atomic E-state index is 12.2. The number of halogens is 3. The number of nitrogens with zero attached hydrogens (tertiary/aromatic N) is 1. The fourth-order valence-corrected chi connectivity index (χ4v) is 2.12. The van der Waals surface area contributed by atoms with E-state index >= 15 is 0 Å². The molecule has 0 saturated heterocycles. The van der Waals surface area contributed by atoms with Crippen molar-refractivity contribution in [3.05, 3.63) is 29.8 Å². The highest BCUT2D eigenvalue weighted by atomic mass is 19.4. The zero-order valence-electron chi connectivity index (χ0n) is 12.3. The van der Waals surface area contributed by atoms with Gasteiger partial charge in [-0.1, -0.05) is 12.1 Å². The largest absolute Gasteiger partial charge is 0.390 e. The van der Waals surface area contributed by atoms with E-state index in [1.807, 2.05) is 24.3 Å². The average Bonchev–Trinajstić information content (AvgIpc) is 2.37. The van der Waals surface area contributed by atoms with Gasteiger partial charge < -0.3 is 10.2 Å². The lowest BCUT2D eigenvalue weighted by Gasteiger charge is -2.21. The predicted molar refractivity (Wildman–Crippen MR) is 77.0 cm³/mol. The van der Waals surface area contributed by atoms with Crippen molar-refractivity contribution in [3.63, 3.8) is 0 Å². The van der Waals surface area contributed by atoms with E-state index in [1.165, 1.54) is 0 Å². The second kappa shape index (κ2) is 7.53. The van der Waals surface area contributed by atoms with Gasteiger partial charge in [-0.25, -0.2) is 0 Å².